The van der Waals surface area contributed by atoms with E-state index in [2.05, 4.69) is 12.2 Å². The molecule has 1 amide bonds. The van der Waals surface area contributed by atoms with Crippen molar-refractivity contribution >= 4 is 16.8 Å². The van der Waals surface area contributed by atoms with E-state index in [0.717, 1.165) is 28.6 Å². The first-order chi connectivity index (χ1) is 11.6. The highest BCUT2D eigenvalue weighted by molar-refractivity contribution is 6.07. The first-order valence-corrected chi connectivity index (χ1v) is 8.13. The monoisotopic (exact) mass is 322 g/mol. The number of rotatable bonds is 5. The van der Waals surface area contributed by atoms with Gasteiger partial charge in [-0.1, -0.05) is 37.3 Å². The summed E-state index contributed by atoms with van der Waals surface area (Å²) >= 11 is 0. The van der Waals surface area contributed by atoms with Crippen LogP contribution >= 0.6 is 0 Å². The molecule has 0 saturated heterocycles. The Hall–Kier alpha value is -2.75. The highest BCUT2D eigenvalue weighted by Crippen LogP contribution is 2.23. The van der Waals surface area contributed by atoms with Crippen LogP contribution in [0.3, 0.4) is 0 Å². The van der Waals surface area contributed by atoms with Crippen LogP contribution in [0.4, 0.5) is 0 Å². The third kappa shape index (κ3) is 3.00. The number of nitrogens with zero attached hydrogens (tertiary/aromatic N) is 1. The zero-order valence-corrected chi connectivity index (χ0v) is 14.2. The standard InChI is InChI=1S/C20H22N2O2/c1-4-18(14-9-11-15(24-3)12-10-14)21-20(23)17-13-22(2)19-8-6-5-7-16(17)19/h5-13,18H,4H2,1-3H3,(H,21,23). The van der Waals surface area contributed by atoms with Gasteiger partial charge in [-0.15, -0.1) is 0 Å². The number of methoxy groups -OCH3 is 1. The number of carbonyl (C=O) groups excluding carboxylic acids is 1. The van der Waals surface area contributed by atoms with E-state index in [9.17, 15) is 4.79 Å². The maximum Gasteiger partial charge on any atom is 0.253 e. The van der Waals surface area contributed by atoms with Gasteiger partial charge in [0.2, 0.25) is 0 Å². The molecule has 0 saturated carbocycles. The second-order valence-electron chi connectivity index (χ2n) is 5.88. The van der Waals surface area contributed by atoms with Crippen molar-refractivity contribution < 1.29 is 9.53 Å². The van der Waals surface area contributed by atoms with Gasteiger partial charge in [-0.25, -0.2) is 0 Å². The summed E-state index contributed by atoms with van der Waals surface area (Å²) in [5, 5.41) is 4.12. The molecule has 0 spiro atoms. The highest BCUT2D eigenvalue weighted by Gasteiger charge is 2.18. The number of fused-ring (bicyclic) bond motifs is 1. The lowest BCUT2D eigenvalue weighted by Gasteiger charge is -2.17. The van der Waals surface area contributed by atoms with Crippen molar-refractivity contribution in [3.63, 3.8) is 0 Å². The van der Waals surface area contributed by atoms with Gasteiger partial charge >= 0.3 is 0 Å². The minimum absolute atomic E-state index is 0.0256. The Labute approximate surface area is 142 Å². The molecule has 24 heavy (non-hydrogen) atoms. The summed E-state index contributed by atoms with van der Waals surface area (Å²) in [5.74, 6) is 0.767. The molecule has 1 heterocycles. The van der Waals surface area contributed by atoms with Gasteiger partial charge in [-0.3, -0.25) is 4.79 Å². The minimum Gasteiger partial charge on any atom is -0.497 e. The Bertz CT molecular complexity index is 850. The molecule has 1 N–H and O–H groups in total. The Morgan fingerprint density at radius 3 is 2.54 bits per heavy atom. The number of carbonyl (C=O) groups is 1. The Morgan fingerprint density at radius 1 is 1.17 bits per heavy atom. The fraction of sp³-hybridized carbons (Fsp3) is 0.250. The van der Waals surface area contributed by atoms with Gasteiger partial charge in [-0.2, -0.15) is 0 Å². The summed E-state index contributed by atoms with van der Waals surface area (Å²) in [6, 6.07) is 15.8. The highest BCUT2D eigenvalue weighted by atomic mass is 16.5. The second kappa shape index (κ2) is 6.79. The van der Waals surface area contributed by atoms with Crippen molar-refractivity contribution in [3.05, 3.63) is 65.9 Å². The molecule has 0 aliphatic rings. The molecule has 124 valence electrons. The van der Waals surface area contributed by atoms with Crippen LogP contribution in [0.25, 0.3) is 10.9 Å². The molecule has 4 heteroatoms. The second-order valence-corrected chi connectivity index (χ2v) is 5.88. The van der Waals surface area contributed by atoms with Gasteiger partial charge in [-0.05, 0) is 30.2 Å². The van der Waals surface area contributed by atoms with E-state index in [-0.39, 0.29) is 11.9 Å². The molecule has 3 rings (SSSR count). The molecule has 1 unspecified atom stereocenters. The fourth-order valence-corrected chi connectivity index (χ4v) is 3.02. The van der Waals surface area contributed by atoms with Crippen LogP contribution in [-0.4, -0.2) is 17.6 Å². The molecule has 0 bridgehead atoms. The summed E-state index contributed by atoms with van der Waals surface area (Å²) < 4.78 is 7.18. The number of para-hydroxylation sites is 1. The van der Waals surface area contributed by atoms with E-state index >= 15 is 0 Å². The lowest BCUT2D eigenvalue weighted by molar-refractivity contribution is 0.0937. The van der Waals surface area contributed by atoms with E-state index in [1.54, 1.807) is 7.11 Å². The molecule has 1 atom stereocenters. The zero-order chi connectivity index (χ0) is 17.1. The molecule has 1 aromatic heterocycles. The van der Waals surface area contributed by atoms with Crippen LogP contribution in [0.5, 0.6) is 5.75 Å². The van der Waals surface area contributed by atoms with Crippen molar-refractivity contribution in [2.24, 2.45) is 7.05 Å². The van der Waals surface area contributed by atoms with Crippen molar-refractivity contribution in [2.75, 3.05) is 7.11 Å². The summed E-state index contributed by atoms with van der Waals surface area (Å²) in [5.41, 5.74) is 2.84. The predicted molar refractivity (Wildman–Crippen MR) is 96.4 cm³/mol. The van der Waals surface area contributed by atoms with Gasteiger partial charge in [0.15, 0.2) is 0 Å². The van der Waals surface area contributed by atoms with Crippen LogP contribution in [0.1, 0.15) is 35.3 Å². The normalized spacial score (nSPS) is 12.1. The Balaban J connectivity index is 1.85. The predicted octanol–water partition coefficient (Wildman–Crippen LogP) is 4.07. The van der Waals surface area contributed by atoms with Gasteiger partial charge in [0.25, 0.3) is 5.91 Å². The molecule has 0 fully saturated rings. The molecule has 2 aromatic carbocycles. The van der Waals surface area contributed by atoms with Crippen molar-refractivity contribution in [1.82, 2.24) is 9.88 Å². The van der Waals surface area contributed by atoms with Crippen LogP contribution in [0.15, 0.2) is 54.7 Å². The number of hydrogen-bond donors (Lipinski definition) is 1. The third-order valence-electron chi connectivity index (χ3n) is 4.37. The lowest BCUT2D eigenvalue weighted by Crippen LogP contribution is -2.28. The van der Waals surface area contributed by atoms with Crippen LogP contribution < -0.4 is 10.1 Å². The van der Waals surface area contributed by atoms with Gasteiger partial charge in [0.05, 0.1) is 18.7 Å². The number of amides is 1. The molecular weight excluding hydrogens is 300 g/mol. The fourth-order valence-electron chi connectivity index (χ4n) is 3.02. The number of aryl methyl sites for hydroxylation is 1. The number of aromatic nitrogens is 1. The summed E-state index contributed by atoms with van der Waals surface area (Å²) in [6.07, 6.45) is 2.71. The number of benzene rings is 2. The van der Waals surface area contributed by atoms with Gasteiger partial charge in [0, 0.05) is 24.1 Å². The smallest absolute Gasteiger partial charge is 0.253 e. The van der Waals surface area contributed by atoms with Gasteiger partial charge in [0.1, 0.15) is 5.75 Å². The molecule has 0 aliphatic carbocycles. The largest absolute Gasteiger partial charge is 0.497 e. The van der Waals surface area contributed by atoms with Crippen LogP contribution in [0, 0.1) is 0 Å². The molecule has 3 aromatic rings. The van der Waals surface area contributed by atoms with Crippen LogP contribution in [-0.2, 0) is 7.05 Å². The quantitative estimate of drug-likeness (QED) is 0.769. The van der Waals surface area contributed by atoms with E-state index < -0.39 is 0 Å². The average molecular weight is 322 g/mol. The summed E-state index contributed by atoms with van der Waals surface area (Å²) in [4.78, 5) is 12.8. The number of ether oxygens (including phenoxy) is 1. The van der Waals surface area contributed by atoms with E-state index in [4.69, 9.17) is 4.74 Å². The molecule has 0 radical (unpaired) electrons. The lowest BCUT2D eigenvalue weighted by atomic mass is 10.0. The molecule has 4 nitrogen and oxygen atoms in total. The van der Waals surface area contributed by atoms with Gasteiger partial charge < -0.3 is 14.6 Å². The zero-order valence-electron chi connectivity index (χ0n) is 14.2. The first-order valence-electron chi connectivity index (χ1n) is 8.13. The first kappa shape index (κ1) is 16.1. The summed E-state index contributed by atoms with van der Waals surface area (Å²) in [7, 11) is 3.61. The van der Waals surface area contributed by atoms with E-state index in [1.807, 2.05) is 66.3 Å². The Kier molecular flexibility index (Phi) is 4.56. The Morgan fingerprint density at radius 2 is 1.88 bits per heavy atom. The summed E-state index contributed by atoms with van der Waals surface area (Å²) in [6.45, 7) is 2.07. The molecule has 0 aliphatic heterocycles. The van der Waals surface area contributed by atoms with Crippen molar-refractivity contribution in [2.45, 2.75) is 19.4 Å². The maximum absolute atomic E-state index is 12.8. The average Bonchev–Trinajstić information content (AvgIpc) is 2.97. The van der Waals surface area contributed by atoms with Crippen LogP contribution in [0.2, 0.25) is 0 Å². The SMILES string of the molecule is CCC(NC(=O)c1cn(C)c2ccccc12)c1ccc(OC)cc1. The topological polar surface area (TPSA) is 43.3 Å². The van der Waals surface area contributed by atoms with Crippen molar-refractivity contribution in [3.8, 4) is 5.75 Å². The van der Waals surface area contributed by atoms with Crippen molar-refractivity contribution in [1.29, 1.82) is 0 Å². The van der Waals surface area contributed by atoms with E-state index in [0.29, 0.717) is 5.56 Å². The maximum atomic E-state index is 12.8. The number of nitrogens with one attached hydrogen (secondary N) is 1. The molecular formula is C20H22N2O2. The van der Waals surface area contributed by atoms with E-state index in [1.165, 1.54) is 0 Å². The third-order valence-corrected chi connectivity index (χ3v) is 4.37. The number of hydrogen-bond acceptors (Lipinski definition) is 2. The minimum atomic E-state index is -0.0468.